The highest BCUT2D eigenvalue weighted by molar-refractivity contribution is 6.54. The van der Waals surface area contributed by atoms with E-state index in [0.717, 1.165) is 0 Å². The highest BCUT2D eigenvalue weighted by Crippen LogP contribution is 2.73. The van der Waals surface area contributed by atoms with Crippen LogP contribution in [0.1, 0.15) is 21.8 Å². The molecule has 1 fully saturated rings. The third-order valence-electron chi connectivity index (χ3n) is 5.92. The molecule has 4 rings (SSSR count). The zero-order valence-electron chi connectivity index (χ0n) is 17.8. The lowest BCUT2D eigenvalue weighted by molar-refractivity contribution is -0.112. The number of carbonyl (C=O) groups is 2. The Labute approximate surface area is 240 Å². The summed E-state index contributed by atoms with van der Waals surface area (Å²) in [7, 11) is 0. The van der Waals surface area contributed by atoms with E-state index < -0.39 is 27.4 Å². The highest BCUT2D eigenvalue weighted by Gasteiger charge is 2.76. The summed E-state index contributed by atoms with van der Waals surface area (Å²) >= 11 is 43.1. The third-order valence-corrected chi connectivity index (χ3v) is 8.61. The average molecular weight is 630 g/mol. The molecule has 2 atom stereocenters. The van der Waals surface area contributed by atoms with Crippen LogP contribution < -0.4 is 10.6 Å². The van der Waals surface area contributed by atoms with Gasteiger partial charge in [0.05, 0.1) is 31.7 Å². The molecule has 0 aromatic heterocycles. The number of amides is 1. The fraction of sp³-hybridized carbons (Fsp3) is 0.167. The van der Waals surface area contributed by atoms with Gasteiger partial charge in [-0.2, -0.15) is 0 Å². The van der Waals surface area contributed by atoms with E-state index in [1.54, 1.807) is 24.3 Å². The number of alkyl halides is 2. The summed E-state index contributed by atoms with van der Waals surface area (Å²) in [5.74, 6) is -2.15. The molecule has 36 heavy (non-hydrogen) atoms. The van der Waals surface area contributed by atoms with Gasteiger partial charge in [0, 0.05) is 28.2 Å². The standard InChI is InChI=1S/C24H14Cl7FN2O2/c25-12-5-11(6-13(26)7-12)21-23(10-35,24(21,30)31)9-33-14-1-2-16(27)15(8-14)22(36)34-18-4-3-17(28)19(29)20(18)32/h1-8,10,21,33H,9H2,(H,34,36). The number of benzene rings is 3. The van der Waals surface area contributed by atoms with E-state index in [2.05, 4.69) is 10.6 Å². The molecule has 0 aliphatic heterocycles. The lowest BCUT2D eigenvalue weighted by Gasteiger charge is -2.15. The van der Waals surface area contributed by atoms with Crippen LogP contribution in [0.15, 0.2) is 48.5 Å². The van der Waals surface area contributed by atoms with Crippen LogP contribution in [0.25, 0.3) is 0 Å². The first-order valence-corrected chi connectivity index (χ1v) is 12.8. The molecule has 2 N–H and O–H groups in total. The van der Waals surface area contributed by atoms with Crippen LogP contribution in [-0.4, -0.2) is 23.1 Å². The number of aldehydes is 1. The first kappa shape index (κ1) is 27.6. The van der Waals surface area contributed by atoms with Crippen LogP contribution in [-0.2, 0) is 4.79 Å². The van der Waals surface area contributed by atoms with Crippen LogP contribution in [0.4, 0.5) is 15.8 Å². The van der Waals surface area contributed by atoms with Gasteiger partial charge in [-0.15, -0.1) is 0 Å². The minimum absolute atomic E-state index is 0.00795. The largest absolute Gasteiger partial charge is 0.384 e. The zero-order valence-corrected chi connectivity index (χ0v) is 23.1. The van der Waals surface area contributed by atoms with E-state index in [4.69, 9.17) is 81.2 Å². The van der Waals surface area contributed by atoms with Gasteiger partial charge < -0.3 is 15.4 Å². The van der Waals surface area contributed by atoms with E-state index in [9.17, 15) is 14.0 Å². The summed E-state index contributed by atoms with van der Waals surface area (Å²) in [6.07, 6.45) is 0.691. The molecule has 0 spiro atoms. The summed E-state index contributed by atoms with van der Waals surface area (Å²) in [6, 6.07) is 12.0. The van der Waals surface area contributed by atoms with Crippen molar-refractivity contribution in [3.63, 3.8) is 0 Å². The summed E-state index contributed by atoms with van der Waals surface area (Å²) in [6.45, 7) is 0.0302. The lowest BCUT2D eigenvalue weighted by atomic mass is 10.00. The second-order valence-corrected chi connectivity index (χ2v) is 11.6. The minimum Gasteiger partial charge on any atom is -0.384 e. The predicted molar refractivity (Wildman–Crippen MR) is 146 cm³/mol. The van der Waals surface area contributed by atoms with Gasteiger partial charge in [-0.05, 0) is 54.1 Å². The average Bonchev–Trinajstić information content (AvgIpc) is 3.32. The van der Waals surface area contributed by atoms with Crippen molar-refractivity contribution in [2.45, 2.75) is 10.3 Å². The summed E-state index contributed by atoms with van der Waals surface area (Å²) in [4.78, 5) is 25.0. The first-order chi connectivity index (χ1) is 16.9. The molecule has 3 aromatic carbocycles. The molecule has 0 radical (unpaired) electrons. The van der Waals surface area contributed by atoms with Crippen LogP contribution in [0.5, 0.6) is 0 Å². The zero-order chi connectivity index (χ0) is 26.4. The van der Waals surface area contributed by atoms with E-state index in [1.165, 1.54) is 24.3 Å². The van der Waals surface area contributed by atoms with Gasteiger partial charge in [0.25, 0.3) is 5.91 Å². The molecular formula is C24H14Cl7FN2O2. The Morgan fingerprint density at radius 1 is 0.944 bits per heavy atom. The molecule has 3 aromatic rings. The normalized spacial score (nSPS) is 20.1. The molecule has 0 heterocycles. The molecule has 0 bridgehead atoms. The van der Waals surface area contributed by atoms with Crippen LogP contribution in [0.2, 0.25) is 25.1 Å². The quantitative estimate of drug-likeness (QED) is 0.156. The van der Waals surface area contributed by atoms with Crippen molar-refractivity contribution >= 4 is 105 Å². The number of rotatable bonds is 7. The summed E-state index contributed by atoms with van der Waals surface area (Å²) in [5, 5.41) is 6.07. The Hall–Kier alpha value is -1.44. The van der Waals surface area contributed by atoms with Gasteiger partial charge in [-0.3, -0.25) is 4.79 Å². The molecule has 1 saturated carbocycles. The van der Waals surface area contributed by atoms with Gasteiger partial charge in [-0.1, -0.05) is 81.2 Å². The Kier molecular flexibility index (Phi) is 7.95. The SMILES string of the molecule is O=CC1(CNc2ccc(Cl)c(C(=O)Nc3ccc(Cl)c(Cl)c3F)c2)C(c2cc(Cl)cc(Cl)c2)C1(Cl)Cl. The molecule has 1 aliphatic rings. The van der Waals surface area contributed by atoms with Crippen molar-refractivity contribution in [3.05, 3.63) is 90.6 Å². The van der Waals surface area contributed by atoms with Crippen molar-refractivity contribution in [2.24, 2.45) is 5.41 Å². The first-order valence-electron chi connectivity index (χ1n) is 10.2. The number of halogens is 8. The summed E-state index contributed by atoms with van der Waals surface area (Å²) in [5.41, 5.74) is -0.261. The van der Waals surface area contributed by atoms with E-state index in [-0.39, 0.29) is 32.9 Å². The Morgan fingerprint density at radius 3 is 2.22 bits per heavy atom. The van der Waals surface area contributed by atoms with Crippen LogP contribution in [0, 0.1) is 11.2 Å². The topological polar surface area (TPSA) is 58.2 Å². The second-order valence-electron chi connectivity index (χ2n) is 8.14. The minimum atomic E-state index is -1.42. The monoisotopic (exact) mass is 626 g/mol. The highest BCUT2D eigenvalue weighted by atomic mass is 35.5. The van der Waals surface area contributed by atoms with Crippen molar-refractivity contribution in [1.29, 1.82) is 0 Å². The van der Waals surface area contributed by atoms with Gasteiger partial charge in [-0.25, -0.2) is 4.39 Å². The molecule has 4 nitrogen and oxygen atoms in total. The predicted octanol–water partition coefficient (Wildman–Crippen LogP) is 8.91. The molecular weight excluding hydrogens is 615 g/mol. The fourth-order valence-corrected chi connectivity index (χ4v) is 6.03. The molecule has 1 amide bonds. The Balaban J connectivity index is 1.55. The second kappa shape index (κ2) is 10.4. The number of hydrogen-bond acceptors (Lipinski definition) is 3. The van der Waals surface area contributed by atoms with E-state index >= 15 is 0 Å². The van der Waals surface area contributed by atoms with Gasteiger partial charge >= 0.3 is 0 Å². The Morgan fingerprint density at radius 2 is 1.58 bits per heavy atom. The van der Waals surface area contributed by atoms with Gasteiger partial charge in [0.1, 0.15) is 10.6 Å². The Bertz CT molecular complexity index is 1360. The molecule has 1 aliphatic carbocycles. The number of carbonyl (C=O) groups excluding carboxylic acids is 2. The van der Waals surface area contributed by atoms with E-state index in [0.29, 0.717) is 27.6 Å². The van der Waals surface area contributed by atoms with Crippen molar-refractivity contribution < 1.29 is 14.0 Å². The maximum Gasteiger partial charge on any atom is 0.257 e. The number of anilines is 2. The summed E-state index contributed by atoms with van der Waals surface area (Å²) < 4.78 is 12.9. The van der Waals surface area contributed by atoms with Gasteiger partial charge in [0.2, 0.25) is 0 Å². The lowest BCUT2D eigenvalue weighted by Crippen LogP contribution is -2.23. The number of nitrogens with one attached hydrogen (secondary N) is 2. The maximum atomic E-state index is 14.4. The van der Waals surface area contributed by atoms with E-state index in [1.807, 2.05) is 0 Å². The van der Waals surface area contributed by atoms with Crippen molar-refractivity contribution in [1.82, 2.24) is 0 Å². The van der Waals surface area contributed by atoms with Crippen LogP contribution in [0.3, 0.4) is 0 Å². The maximum absolute atomic E-state index is 14.4. The molecule has 188 valence electrons. The molecule has 12 heteroatoms. The van der Waals surface area contributed by atoms with Crippen molar-refractivity contribution in [2.75, 3.05) is 17.2 Å². The molecule has 2 unspecified atom stereocenters. The smallest absolute Gasteiger partial charge is 0.257 e. The van der Waals surface area contributed by atoms with Gasteiger partial charge in [0.15, 0.2) is 5.82 Å². The van der Waals surface area contributed by atoms with Crippen molar-refractivity contribution in [3.8, 4) is 0 Å². The number of hydrogen-bond donors (Lipinski definition) is 2. The third kappa shape index (κ3) is 5.00. The molecule has 0 saturated heterocycles. The fourth-order valence-electron chi connectivity index (χ4n) is 4.00. The van der Waals surface area contributed by atoms with Crippen LogP contribution >= 0.6 is 81.2 Å².